The highest BCUT2D eigenvalue weighted by Crippen LogP contribution is 2.29. The molecular weight excluding hydrogens is 376 g/mol. The Morgan fingerprint density at radius 3 is 2.31 bits per heavy atom. The Labute approximate surface area is 166 Å². The number of nitro groups is 2. The van der Waals surface area contributed by atoms with Crippen LogP contribution in [0.1, 0.15) is 35.2 Å². The first kappa shape index (κ1) is 20.0. The first-order valence-corrected chi connectivity index (χ1v) is 9.07. The number of para-hydroxylation sites is 1. The third-order valence-electron chi connectivity index (χ3n) is 4.96. The van der Waals surface area contributed by atoms with Gasteiger partial charge in [0.2, 0.25) is 0 Å². The van der Waals surface area contributed by atoms with Crippen molar-refractivity contribution < 1.29 is 14.6 Å². The summed E-state index contributed by atoms with van der Waals surface area (Å²) in [6.45, 7) is 2.32. The maximum Gasteiger partial charge on any atom is 0.277 e. The third kappa shape index (κ3) is 4.08. The Hall–Kier alpha value is -3.75. The molecule has 3 rings (SSSR count). The Kier molecular flexibility index (Phi) is 5.58. The highest BCUT2D eigenvalue weighted by atomic mass is 16.6. The van der Waals surface area contributed by atoms with Gasteiger partial charge in [-0.1, -0.05) is 25.1 Å². The molecule has 0 spiro atoms. The van der Waals surface area contributed by atoms with E-state index in [1.807, 2.05) is 49.0 Å². The molecule has 0 aliphatic carbocycles. The molecule has 0 saturated carbocycles. The molecule has 1 amide bonds. The molecule has 0 aliphatic heterocycles. The number of aryl methyl sites for hydroxylation is 1. The van der Waals surface area contributed by atoms with Crippen molar-refractivity contribution in [2.24, 2.45) is 7.05 Å². The number of nitrogens with zero attached hydrogens (tertiary/aromatic N) is 3. The summed E-state index contributed by atoms with van der Waals surface area (Å²) < 4.78 is 2.03. The van der Waals surface area contributed by atoms with Gasteiger partial charge in [0.25, 0.3) is 17.3 Å². The van der Waals surface area contributed by atoms with E-state index in [-0.39, 0.29) is 11.5 Å². The van der Waals surface area contributed by atoms with Crippen LogP contribution in [0.5, 0.6) is 0 Å². The minimum absolute atomic E-state index is 0.0266. The van der Waals surface area contributed by atoms with E-state index in [1.54, 1.807) is 0 Å². The maximum atomic E-state index is 12.6. The molecule has 0 aliphatic rings. The number of aromatic nitrogens is 1. The summed E-state index contributed by atoms with van der Waals surface area (Å²) in [5, 5.41) is 25.9. The number of non-ortho nitro benzene ring substituents is 2. The van der Waals surface area contributed by atoms with Gasteiger partial charge in [-0.3, -0.25) is 25.0 Å². The van der Waals surface area contributed by atoms with Crippen LogP contribution >= 0.6 is 0 Å². The highest BCUT2D eigenvalue weighted by molar-refractivity contribution is 5.95. The quantitative estimate of drug-likeness (QED) is 0.479. The molecule has 1 heterocycles. The molecule has 150 valence electrons. The normalized spacial score (nSPS) is 11.9. The first-order chi connectivity index (χ1) is 13.8. The van der Waals surface area contributed by atoms with Crippen molar-refractivity contribution >= 4 is 28.2 Å². The summed E-state index contributed by atoms with van der Waals surface area (Å²) in [6.07, 6.45) is 2.80. The number of benzene rings is 2. The van der Waals surface area contributed by atoms with Gasteiger partial charge in [0.15, 0.2) is 0 Å². The number of nitro benzene ring substituents is 2. The number of fused-ring (bicyclic) bond motifs is 1. The monoisotopic (exact) mass is 396 g/mol. The molecule has 9 nitrogen and oxygen atoms in total. The van der Waals surface area contributed by atoms with Gasteiger partial charge in [-0.25, -0.2) is 0 Å². The average molecular weight is 396 g/mol. The Bertz CT molecular complexity index is 1070. The zero-order valence-electron chi connectivity index (χ0n) is 16.0. The summed E-state index contributed by atoms with van der Waals surface area (Å²) in [7, 11) is 1.96. The minimum Gasteiger partial charge on any atom is -0.351 e. The van der Waals surface area contributed by atoms with E-state index in [9.17, 15) is 25.0 Å². The number of rotatable bonds is 7. The van der Waals surface area contributed by atoms with E-state index in [1.165, 1.54) is 0 Å². The zero-order chi connectivity index (χ0) is 21.1. The van der Waals surface area contributed by atoms with Gasteiger partial charge >= 0.3 is 0 Å². The first-order valence-electron chi connectivity index (χ1n) is 9.07. The SMILES string of the molecule is CC[C@H](CNC(=O)c1cc([N+](=O)[O-])cc([N+](=O)[O-])c1)c1cn(C)c2ccccc12. The molecule has 0 bridgehead atoms. The van der Waals surface area contributed by atoms with E-state index < -0.39 is 27.1 Å². The van der Waals surface area contributed by atoms with Gasteiger partial charge in [0.05, 0.1) is 21.5 Å². The predicted octanol–water partition coefficient (Wildman–Crippen LogP) is 3.92. The van der Waals surface area contributed by atoms with E-state index in [4.69, 9.17) is 0 Å². The van der Waals surface area contributed by atoms with Crippen LogP contribution in [-0.2, 0) is 7.05 Å². The Morgan fingerprint density at radius 1 is 1.10 bits per heavy atom. The zero-order valence-corrected chi connectivity index (χ0v) is 16.0. The van der Waals surface area contributed by atoms with Crippen LogP contribution in [0.25, 0.3) is 10.9 Å². The number of carbonyl (C=O) groups is 1. The standard InChI is InChI=1S/C20H20N4O5/c1-3-13(18-12-22(2)19-7-5-4-6-17(18)19)11-21-20(25)14-8-15(23(26)27)10-16(9-14)24(28)29/h4-10,12-13H,3,11H2,1-2H3,(H,21,25)/t13-/m1/s1. The number of carbonyl (C=O) groups excluding carboxylic acids is 1. The molecule has 1 N–H and O–H groups in total. The van der Waals surface area contributed by atoms with Gasteiger partial charge < -0.3 is 9.88 Å². The van der Waals surface area contributed by atoms with E-state index >= 15 is 0 Å². The third-order valence-corrected chi connectivity index (χ3v) is 4.96. The second-order valence-electron chi connectivity index (χ2n) is 6.78. The van der Waals surface area contributed by atoms with Crippen molar-refractivity contribution in [1.82, 2.24) is 9.88 Å². The number of hydrogen-bond acceptors (Lipinski definition) is 5. The molecule has 2 aromatic carbocycles. The van der Waals surface area contributed by atoms with Gasteiger partial charge in [0, 0.05) is 48.7 Å². The van der Waals surface area contributed by atoms with Gasteiger partial charge in [0.1, 0.15) is 0 Å². The molecule has 29 heavy (non-hydrogen) atoms. The van der Waals surface area contributed by atoms with Crippen molar-refractivity contribution in [1.29, 1.82) is 0 Å². The van der Waals surface area contributed by atoms with Crippen LogP contribution < -0.4 is 5.32 Å². The van der Waals surface area contributed by atoms with Crippen LogP contribution in [0, 0.1) is 20.2 Å². The smallest absolute Gasteiger partial charge is 0.277 e. The van der Waals surface area contributed by atoms with E-state index in [0.717, 1.165) is 41.1 Å². The average Bonchev–Trinajstić information content (AvgIpc) is 3.04. The lowest BCUT2D eigenvalue weighted by molar-refractivity contribution is -0.394. The summed E-state index contributed by atoms with van der Waals surface area (Å²) in [4.78, 5) is 33.1. The van der Waals surface area contributed by atoms with Crippen molar-refractivity contribution in [2.75, 3.05) is 6.54 Å². The minimum atomic E-state index is -0.755. The second-order valence-corrected chi connectivity index (χ2v) is 6.78. The summed E-state index contributed by atoms with van der Waals surface area (Å²) >= 11 is 0. The van der Waals surface area contributed by atoms with Crippen molar-refractivity contribution in [3.63, 3.8) is 0 Å². The summed E-state index contributed by atoms with van der Waals surface area (Å²) in [5.74, 6) is -0.561. The van der Waals surface area contributed by atoms with Crippen LogP contribution in [0.15, 0.2) is 48.7 Å². The Morgan fingerprint density at radius 2 is 1.72 bits per heavy atom. The topological polar surface area (TPSA) is 120 Å². The van der Waals surface area contributed by atoms with E-state index in [0.29, 0.717) is 6.54 Å². The lowest BCUT2D eigenvalue weighted by Gasteiger charge is -2.15. The van der Waals surface area contributed by atoms with Crippen molar-refractivity contribution in [3.05, 3.63) is 80.0 Å². The fourth-order valence-corrected chi connectivity index (χ4v) is 3.43. The lowest BCUT2D eigenvalue weighted by Crippen LogP contribution is -2.28. The molecule has 1 atom stereocenters. The highest BCUT2D eigenvalue weighted by Gasteiger charge is 2.21. The van der Waals surface area contributed by atoms with Crippen LogP contribution in [0.4, 0.5) is 11.4 Å². The molecule has 1 aromatic heterocycles. The number of hydrogen-bond donors (Lipinski definition) is 1. The molecule has 9 heteroatoms. The maximum absolute atomic E-state index is 12.6. The molecule has 0 fully saturated rings. The fraction of sp³-hybridized carbons (Fsp3) is 0.250. The fourth-order valence-electron chi connectivity index (χ4n) is 3.43. The van der Waals surface area contributed by atoms with Crippen LogP contribution in [0.2, 0.25) is 0 Å². The van der Waals surface area contributed by atoms with Gasteiger partial charge in [-0.2, -0.15) is 0 Å². The predicted molar refractivity (Wildman–Crippen MR) is 108 cm³/mol. The molecular formula is C20H20N4O5. The second kappa shape index (κ2) is 8.09. The van der Waals surface area contributed by atoms with Crippen LogP contribution in [0.3, 0.4) is 0 Å². The summed E-state index contributed by atoms with van der Waals surface area (Å²) in [5.41, 5.74) is 1.08. The van der Waals surface area contributed by atoms with Crippen LogP contribution in [-0.4, -0.2) is 26.9 Å². The molecule has 0 unspecified atom stereocenters. The van der Waals surface area contributed by atoms with Crippen molar-refractivity contribution in [3.8, 4) is 0 Å². The molecule has 0 radical (unpaired) electrons. The largest absolute Gasteiger partial charge is 0.351 e. The van der Waals surface area contributed by atoms with E-state index in [2.05, 4.69) is 5.32 Å². The molecule has 3 aromatic rings. The number of nitrogens with one attached hydrogen (secondary N) is 1. The Balaban J connectivity index is 1.83. The van der Waals surface area contributed by atoms with Crippen molar-refractivity contribution in [2.45, 2.75) is 19.3 Å². The summed E-state index contributed by atoms with van der Waals surface area (Å²) in [6, 6.07) is 10.9. The lowest BCUT2D eigenvalue weighted by atomic mass is 9.96. The van der Waals surface area contributed by atoms with Gasteiger partial charge in [-0.05, 0) is 18.1 Å². The van der Waals surface area contributed by atoms with Gasteiger partial charge in [-0.15, -0.1) is 0 Å². The number of amides is 1. The molecule has 0 saturated heterocycles.